The molecule has 0 aliphatic rings. The highest BCUT2D eigenvalue weighted by Gasteiger charge is 2.17. The molecule has 2 aromatic rings. The van der Waals surface area contributed by atoms with E-state index in [1.165, 1.54) is 19.1 Å². The molecule has 0 saturated heterocycles. The molecular formula is C19H17Cl2NO3. The van der Waals surface area contributed by atoms with Crippen LogP contribution in [-0.2, 0) is 14.3 Å². The number of aryl methyl sites for hydroxylation is 1. The van der Waals surface area contributed by atoms with E-state index in [4.69, 9.17) is 27.9 Å². The van der Waals surface area contributed by atoms with Crippen molar-refractivity contribution in [2.45, 2.75) is 20.0 Å². The predicted molar refractivity (Wildman–Crippen MR) is 101 cm³/mol. The van der Waals surface area contributed by atoms with E-state index in [-0.39, 0.29) is 0 Å². The monoisotopic (exact) mass is 377 g/mol. The van der Waals surface area contributed by atoms with Crippen molar-refractivity contribution in [2.75, 3.05) is 5.32 Å². The van der Waals surface area contributed by atoms with Crippen molar-refractivity contribution in [3.8, 4) is 0 Å². The normalized spacial score (nSPS) is 12.0. The molecule has 130 valence electrons. The van der Waals surface area contributed by atoms with Gasteiger partial charge in [0.1, 0.15) is 0 Å². The summed E-state index contributed by atoms with van der Waals surface area (Å²) >= 11 is 11.8. The van der Waals surface area contributed by atoms with Gasteiger partial charge in [0.25, 0.3) is 5.91 Å². The van der Waals surface area contributed by atoms with Crippen LogP contribution in [-0.4, -0.2) is 18.0 Å². The lowest BCUT2D eigenvalue weighted by Crippen LogP contribution is -2.29. The van der Waals surface area contributed by atoms with Gasteiger partial charge in [0, 0.05) is 11.1 Å². The third kappa shape index (κ3) is 5.93. The van der Waals surface area contributed by atoms with E-state index in [0.717, 1.165) is 11.1 Å². The molecule has 0 aliphatic carbocycles. The molecule has 1 N–H and O–H groups in total. The minimum atomic E-state index is -0.971. The van der Waals surface area contributed by atoms with Crippen LogP contribution in [0.3, 0.4) is 0 Å². The quantitative estimate of drug-likeness (QED) is 0.596. The molecule has 0 aromatic heterocycles. The number of ether oxygens (including phenoxy) is 1. The van der Waals surface area contributed by atoms with Gasteiger partial charge in [-0.3, -0.25) is 4.79 Å². The summed E-state index contributed by atoms with van der Waals surface area (Å²) in [5.74, 6) is -1.09. The van der Waals surface area contributed by atoms with Gasteiger partial charge in [-0.2, -0.15) is 0 Å². The third-order valence-electron chi connectivity index (χ3n) is 3.31. The third-order valence-corrected chi connectivity index (χ3v) is 3.85. The van der Waals surface area contributed by atoms with Gasteiger partial charge in [-0.15, -0.1) is 0 Å². The van der Waals surface area contributed by atoms with Crippen LogP contribution in [0, 0.1) is 6.92 Å². The summed E-state index contributed by atoms with van der Waals surface area (Å²) in [6, 6.07) is 12.4. The summed E-state index contributed by atoms with van der Waals surface area (Å²) in [4.78, 5) is 23.9. The first-order valence-electron chi connectivity index (χ1n) is 7.56. The maximum Gasteiger partial charge on any atom is 0.331 e. The maximum atomic E-state index is 12.1. The van der Waals surface area contributed by atoms with E-state index in [2.05, 4.69) is 5.32 Å². The molecule has 6 heteroatoms. The Morgan fingerprint density at radius 2 is 1.92 bits per heavy atom. The van der Waals surface area contributed by atoms with Crippen LogP contribution < -0.4 is 5.32 Å². The second kappa shape index (κ2) is 8.70. The summed E-state index contributed by atoms with van der Waals surface area (Å²) < 4.78 is 5.09. The van der Waals surface area contributed by atoms with Crippen molar-refractivity contribution >= 4 is 46.8 Å². The highest BCUT2D eigenvalue weighted by atomic mass is 35.5. The summed E-state index contributed by atoms with van der Waals surface area (Å²) in [6.45, 7) is 3.45. The van der Waals surface area contributed by atoms with E-state index in [0.29, 0.717) is 15.7 Å². The summed E-state index contributed by atoms with van der Waals surface area (Å²) in [5, 5.41) is 3.36. The summed E-state index contributed by atoms with van der Waals surface area (Å²) in [7, 11) is 0. The minimum absolute atomic E-state index is 0.304. The smallest absolute Gasteiger partial charge is 0.331 e. The van der Waals surface area contributed by atoms with E-state index in [1.54, 1.807) is 18.2 Å². The van der Waals surface area contributed by atoms with Crippen molar-refractivity contribution in [3.63, 3.8) is 0 Å². The average Bonchev–Trinajstić information content (AvgIpc) is 2.55. The van der Waals surface area contributed by atoms with Crippen molar-refractivity contribution in [1.29, 1.82) is 0 Å². The second-order valence-electron chi connectivity index (χ2n) is 5.44. The Balaban J connectivity index is 1.92. The molecule has 0 bridgehead atoms. The first kappa shape index (κ1) is 19.0. The Kier molecular flexibility index (Phi) is 6.62. The molecule has 0 fully saturated rings. The molecule has 0 heterocycles. The fraction of sp³-hybridized carbons (Fsp3) is 0.158. The van der Waals surface area contributed by atoms with Crippen molar-refractivity contribution < 1.29 is 14.3 Å². The molecule has 0 radical (unpaired) electrons. The summed E-state index contributed by atoms with van der Waals surface area (Å²) in [6.07, 6.45) is 1.95. The zero-order valence-electron chi connectivity index (χ0n) is 13.8. The van der Waals surface area contributed by atoms with Crippen LogP contribution in [0.5, 0.6) is 0 Å². The zero-order chi connectivity index (χ0) is 18.4. The Hall–Kier alpha value is -2.30. The van der Waals surface area contributed by atoms with Gasteiger partial charge in [-0.25, -0.2) is 4.79 Å². The Bertz CT molecular complexity index is 818. The number of hydrogen-bond donors (Lipinski definition) is 1. The average molecular weight is 378 g/mol. The number of carbonyl (C=O) groups excluding carboxylic acids is 2. The van der Waals surface area contributed by atoms with Gasteiger partial charge in [0.05, 0.1) is 10.7 Å². The predicted octanol–water partition coefficient (Wildman–Crippen LogP) is 4.89. The Morgan fingerprint density at radius 1 is 1.16 bits per heavy atom. The van der Waals surface area contributed by atoms with Gasteiger partial charge in [-0.05, 0) is 43.7 Å². The van der Waals surface area contributed by atoms with Crippen LogP contribution in [0.25, 0.3) is 6.08 Å². The SMILES string of the molecule is Cc1cccc(/C=C/C(=O)O[C@H](C)C(=O)Nc2ccc(Cl)cc2Cl)c1. The lowest BCUT2D eigenvalue weighted by Gasteiger charge is -2.13. The van der Waals surface area contributed by atoms with Crippen molar-refractivity contribution in [1.82, 2.24) is 0 Å². The number of rotatable bonds is 5. The first-order chi connectivity index (χ1) is 11.8. The van der Waals surface area contributed by atoms with Crippen LogP contribution in [0.1, 0.15) is 18.1 Å². The van der Waals surface area contributed by atoms with Gasteiger partial charge in [0.2, 0.25) is 0 Å². The number of benzene rings is 2. The molecule has 0 saturated carbocycles. The molecule has 0 spiro atoms. The largest absolute Gasteiger partial charge is 0.449 e. The fourth-order valence-corrected chi connectivity index (χ4v) is 2.49. The number of anilines is 1. The van der Waals surface area contributed by atoms with Crippen LogP contribution >= 0.6 is 23.2 Å². The molecule has 0 aliphatic heterocycles. The molecule has 1 atom stereocenters. The van der Waals surface area contributed by atoms with Crippen LogP contribution in [0.4, 0.5) is 5.69 Å². The molecule has 25 heavy (non-hydrogen) atoms. The number of hydrogen-bond acceptors (Lipinski definition) is 3. The first-order valence-corrected chi connectivity index (χ1v) is 8.32. The van der Waals surface area contributed by atoms with E-state index < -0.39 is 18.0 Å². The zero-order valence-corrected chi connectivity index (χ0v) is 15.3. The second-order valence-corrected chi connectivity index (χ2v) is 6.28. The topological polar surface area (TPSA) is 55.4 Å². The minimum Gasteiger partial charge on any atom is -0.449 e. The lowest BCUT2D eigenvalue weighted by atomic mass is 10.1. The van der Waals surface area contributed by atoms with Crippen LogP contribution in [0.15, 0.2) is 48.5 Å². The van der Waals surface area contributed by atoms with Gasteiger partial charge in [0.15, 0.2) is 6.10 Å². The summed E-state index contributed by atoms with van der Waals surface area (Å²) in [5.41, 5.74) is 2.36. The van der Waals surface area contributed by atoms with Gasteiger partial charge >= 0.3 is 5.97 Å². The number of halogens is 2. The highest BCUT2D eigenvalue weighted by molar-refractivity contribution is 6.36. The number of amides is 1. The standard InChI is InChI=1S/C19H17Cl2NO3/c1-12-4-3-5-14(10-12)6-9-18(23)25-13(2)19(24)22-17-8-7-15(20)11-16(17)21/h3-11,13H,1-2H3,(H,22,24)/b9-6+/t13-/m1/s1. The van der Waals surface area contributed by atoms with Gasteiger partial charge < -0.3 is 10.1 Å². The Labute approximate surface area is 156 Å². The van der Waals surface area contributed by atoms with Crippen molar-refractivity contribution in [3.05, 3.63) is 69.7 Å². The number of carbonyl (C=O) groups is 2. The molecule has 2 aromatic carbocycles. The molecular weight excluding hydrogens is 361 g/mol. The molecule has 2 rings (SSSR count). The molecule has 1 amide bonds. The van der Waals surface area contributed by atoms with E-state index in [9.17, 15) is 9.59 Å². The van der Waals surface area contributed by atoms with E-state index in [1.807, 2.05) is 31.2 Å². The molecule has 0 unspecified atom stereocenters. The van der Waals surface area contributed by atoms with Crippen molar-refractivity contribution in [2.24, 2.45) is 0 Å². The number of esters is 1. The number of nitrogens with one attached hydrogen (secondary N) is 1. The van der Waals surface area contributed by atoms with E-state index >= 15 is 0 Å². The Morgan fingerprint density at radius 3 is 2.60 bits per heavy atom. The highest BCUT2D eigenvalue weighted by Crippen LogP contribution is 2.25. The van der Waals surface area contributed by atoms with Gasteiger partial charge in [-0.1, -0.05) is 53.0 Å². The maximum absolute atomic E-state index is 12.1. The molecule has 4 nitrogen and oxygen atoms in total. The fourth-order valence-electron chi connectivity index (χ4n) is 2.03. The lowest BCUT2D eigenvalue weighted by molar-refractivity contribution is -0.148. The van der Waals surface area contributed by atoms with Crippen LogP contribution in [0.2, 0.25) is 10.0 Å².